The Labute approximate surface area is 145 Å². The van der Waals surface area contributed by atoms with Crippen LogP contribution in [0.2, 0.25) is 0 Å². The van der Waals surface area contributed by atoms with Gasteiger partial charge in [-0.3, -0.25) is 0 Å². The van der Waals surface area contributed by atoms with Crippen molar-refractivity contribution in [3.63, 3.8) is 0 Å². The van der Waals surface area contributed by atoms with Crippen LogP contribution >= 0.6 is 0 Å². The Morgan fingerprint density at radius 3 is 1.48 bits per heavy atom. The van der Waals surface area contributed by atoms with Gasteiger partial charge in [-0.05, 0) is 44.8 Å². The molecule has 1 rings (SSSR count). The molecule has 0 saturated heterocycles. The lowest BCUT2D eigenvalue weighted by atomic mass is 9.66. The minimum Gasteiger partial charge on any atom is -0.0988 e. The Balaban J connectivity index is 3.15. The highest BCUT2D eigenvalue weighted by atomic mass is 14.4. The summed E-state index contributed by atoms with van der Waals surface area (Å²) in [7, 11) is 0. The summed E-state index contributed by atoms with van der Waals surface area (Å²) in [6.45, 7) is 10.6. The van der Waals surface area contributed by atoms with E-state index in [2.05, 4.69) is 57.7 Å². The maximum Gasteiger partial charge on any atom is 0.0196 e. The average molecular weight is 315 g/mol. The molecule has 0 atom stereocenters. The predicted molar refractivity (Wildman–Crippen MR) is 106 cm³/mol. The largest absolute Gasteiger partial charge is 0.0988 e. The zero-order chi connectivity index (χ0) is 17.0. The van der Waals surface area contributed by atoms with Gasteiger partial charge in [0, 0.05) is 5.41 Å². The fourth-order valence-electron chi connectivity index (χ4n) is 4.26. The maximum atomic E-state index is 4.14. The van der Waals surface area contributed by atoms with E-state index in [1.165, 1.54) is 81.8 Å². The summed E-state index contributed by atoms with van der Waals surface area (Å²) < 4.78 is 0. The second-order valence-electron chi connectivity index (χ2n) is 6.96. The zero-order valence-corrected chi connectivity index (χ0v) is 15.9. The summed E-state index contributed by atoms with van der Waals surface area (Å²) >= 11 is 0. The van der Waals surface area contributed by atoms with Gasteiger partial charge in [0.15, 0.2) is 0 Å². The van der Waals surface area contributed by atoms with Crippen molar-refractivity contribution >= 4 is 0 Å². The molecule has 0 N–H and O–H groups in total. The number of hydrogen-bond donors (Lipinski definition) is 0. The molecule has 0 amide bonds. The Hall–Kier alpha value is -1.04. The molecule has 0 spiro atoms. The van der Waals surface area contributed by atoms with Gasteiger partial charge >= 0.3 is 0 Å². The fraction of sp³-hybridized carbons (Fsp3) is 0.652. The molecule has 0 unspecified atom stereocenters. The Morgan fingerprint density at radius 2 is 1.13 bits per heavy atom. The van der Waals surface area contributed by atoms with Crippen LogP contribution in [-0.2, 0) is 0 Å². The summed E-state index contributed by atoms with van der Waals surface area (Å²) in [4.78, 5) is 0. The average Bonchev–Trinajstić information content (AvgIpc) is 2.56. The molecular formula is C23H38. The first kappa shape index (κ1) is 20.0. The summed E-state index contributed by atoms with van der Waals surface area (Å²) in [6.07, 6.45) is 26.3. The molecule has 0 heterocycles. The van der Waals surface area contributed by atoms with Crippen LogP contribution in [0, 0.1) is 5.41 Å². The summed E-state index contributed by atoms with van der Waals surface area (Å²) in [6, 6.07) is 0. The van der Waals surface area contributed by atoms with Gasteiger partial charge in [0.25, 0.3) is 0 Å². The van der Waals surface area contributed by atoms with Crippen molar-refractivity contribution < 1.29 is 0 Å². The molecule has 130 valence electrons. The standard InChI is InChI=1S/C23H38/c1-5-18-22(8-4)23(21(6-2)7-3)19-16-14-12-10-9-11-13-15-17-20-23/h5-8,18H,2,9-17,19-20H2,1,3-4H3/b18-5-,21-7+,22-8+. The first-order valence-corrected chi connectivity index (χ1v) is 9.84. The molecule has 0 aromatic heterocycles. The molecule has 1 aliphatic rings. The van der Waals surface area contributed by atoms with Crippen LogP contribution in [-0.4, -0.2) is 0 Å². The molecule has 1 saturated carbocycles. The lowest BCUT2D eigenvalue weighted by Gasteiger charge is -2.38. The third-order valence-corrected chi connectivity index (χ3v) is 5.50. The van der Waals surface area contributed by atoms with Crippen molar-refractivity contribution in [1.82, 2.24) is 0 Å². The van der Waals surface area contributed by atoms with E-state index < -0.39 is 0 Å². The topological polar surface area (TPSA) is 0 Å². The minimum absolute atomic E-state index is 0.178. The van der Waals surface area contributed by atoms with Crippen molar-refractivity contribution in [1.29, 1.82) is 0 Å². The van der Waals surface area contributed by atoms with Crippen LogP contribution in [0.3, 0.4) is 0 Å². The molecule has 0 radical (unpaired) electrons. The minimum atomic E-state index is 0.178. The van der Waals surface area contributed by atoms with E-state index in [0.29, 0.717) is 0 Å². The molecular weight excluding hydrogens is 276 g/mol. The Kier molecular flexibility index (Phi) is 9.99. The fourth-order valence-corrected chi connectivity index (χ4v) is 4.26. The quantitative estimate of drug-likeness (QED) is 0.462. The van der Waals surface area contributed by atoms with Crippen molar-refractivity contribution in [2.75, 3.05) is 0 Å². The van der Waals surface area contributed by atoms with Crippen LogP contribution in [0.1, 0.15) is 91.4 Å². The molecule has 0 heteroatoms. The normalized spacial score (nSPS) is 22.4. The summed E-state index contributed by atoms with van der Waals surface area (Å²) in [5, 5.41) is 0. The highest BCUT2D eigenvalue weighted by Gasteiger charge is 2.34. The highest BCUT2D eigenvalue weighted by molar-refractivity contribution is 5.40. The third-order valence-electron chi connectivity index (χ3n) is 5.50. The first-order chi connectivity index (χ1) is 11.2. The van der Waals surface area contributed by atoms with E-state index in [4.69, 9.17) is 0 Å². The lowest BCUT2D eigenvalue weighted by Crippen LogP contribution is -2.25. The van der Waals surface area contributed by atoms with Crippen LogP contribution in [0.4, 0.5) is 0 Å². The molecule has 1 aliphatic carbocycles. The summed E-state index contributed by atoms with van der Waals surface area (Å²) in [5.74, 6) is 0. The van der Waals surface area contributed by atoms with Crippen LogP contribution in [0.5, 0.6) is 0 Å². The van der Waals surface area contributed by atoms with Crippen molar-refractivity contribution in [2.24, 2.45) is 5.41 Å². The van der Waals surface area contributed by atoms with Crippen LogP contribution in [0.15, 0.2) is 48.1 Å². The lowest BCUT2D eigenvalue weighted by molar-refractivity contribution is 0.337. The second-order valence-corrected chi connectivity index (χ2v) is 6.96. The third kappa shape index (κ3) is 5.83. The number of hydrogen-bond acceptors (Lipinski definition) is 0. The molecule has 0 bridgehead atoms. The molecule has 23 heavy (non-hydrogen) atoms. The van der Waals surface area contributed by atoms with E-state index in [0.717, 1.165) is 0 Å². The second kappa shape index (κ2) is 11.5. The van der Waals surface area contributed by atoms with Gasteiger partial charge in [-0.15, -0.1) is 0 Å². The van der Waals surface area contributed by atoms with Crippen LogP contribution < -0.4 is 0 Å². The number of allylic oxidation sites excluding steroid dienone is 7. The van der Waals surface area contributed by atoms with E-state index in [1.54, 1.807) is 0 Å². The predicted octanol–water partition coefficient (Wildman–Crippen LogP) is 7.93. The molecule has 0 aliphatic heterocycles. The highest BCUT2D eigenvalue weighted by Crippen LogP contribution is 2.46. The maximum absolute atomic E-state index is 4.14. The smallest absolute Gasteiger partial charge is 0.0196 e. The van der Waals surface area contributed by atoms with E-state index in [-0.39, 0.29) is 5.41 Å². The van der Waals surface area contributed by atoms with Crippen molar-refractivity contribution in [2.45, 2.75) is 91.4 Å². The van der Waals surface area contributed by atoms with Gasteiger partial charge in [-0.2, -0.15) is 0 Å². The Morgan fingerprint density at radius 1 is 0.696 bits per heavy atom. The van der Waals surface area contributed by atoms with Gasteiger partial charge in [-0.25, -0.2) is 0 Å². The van der Waals surface area contributed by atoms with Gasteiger partial charge in [0.1, 0.15) is 0 Å². The van der Waals surface area contributed by atoms with E-state index in [1.807, 2.05) is 0 Å². The SMILES string of the molecule is C=C/C(=C\C)C1(C(/C=C\C)=C/C)CCCCCCCCCCC1. The number of rotatable bonds is 4. The molecule has 1 fully saturated rings. The van der Waals surface area contributed by atoms with Crippen molar-refractivity contribution in [3.05, 3.63) is 48.1 Å². The Bertz CT molecular complexity index is 407. The van der Waals surface area contributed by atoms with Gasteiger partial charge in [-0.1, -0.05) is 94.7 Å². The summed E-state index contributed by atoms with van der Waals surface area (Å²) in [5.41, 5.74) is 3.10. The van der Waals surface area contributed by atoms with Gasteiger partial charge in [0.2, 0.25) is 0 Å². The monoisotopic (exact) mass is 314 g/mol. The van der Waals surface area contributed by atoms with Crippen molar-refractivity contribution in [3.8, 4) is 0 Å². The van der Waals surface area contributed by atoms with E-state index in [9.17, 15) is 0 Å². The first-order valence-electron chi connectivity index (χ1n) is 9.84. The van der Waals surface area contributed by atoms with Crippen LogP contribution in [0.25, 0.3) is 0 Å². The molecule has 0 aromatic carbocycles. The molecule has 0 aromatic rings. The van der Waals surface area contributed by atoms with Gasteiger partial charge < -0.3 is 0 Å². The molecule has 0 nitrogen and oxygen atoms in total. The zero-order valence-electron chi connectivity index (χ0n) is 15.9. The van der Waals surface area contributed by atoms with Gasteiger partial charge in [0.05, 0.1) is 0 Å². The van der Waals surface area contributed by atoms with E-state index >= 15 is 0 Å².